The molecular formula is C26H31BN6O2. The average molecular weight is 470 g/mol. The van der Waals surface area contributed by atoms with Crippen LogP contribution < -0.4 is 16.0 Å². The van der Waals surface area contributed by atoms with Gasteiger partial charge >= 0.3 is 0 Å². The number of anilines is 3. The van der Waals surface area contributed by atoms with E-state index in [0.29, 0.717) is 18.0 Å². The van der Waals surface area contributed by atoms with Crippen molar-refractivity contribution in [3.8, 4) is 5.97 Å². The minimum absolute atomic E-state index is 0.0304. The van der Waals surface area contributed by atoms with Crippen molar-refractivity contribution in [3.05, 3.63) is 59.8 Å². The maximum atomic E-state index is 12.3. The number of piperazine rings is 1. The number of para-hydroxylation sites is 1. The molecule has 0 spiro atoms. The Kier molecular flexibility index (Phi) is 9.47. The zero-order valence-corrected chi connectivity index (χ0v) is 20.3. The Hall–Kier alpha value is -3.61. The molecule has 1 fully saturated rings. The highest BCUT2D eigenvalue weighted by Crippen LogP contribution is 2.27. The average Bonchev–Trinajstić information content (AvgIpc) is 2.87. The molecule has 3 aromatic rings. The lowest BCUT2D eigenvalue weighted by atomic mass is 10.1. The van der Waals surface area contributed by atoms with E-state index in [1.807, 2.05) is 38.1 Å². The zero-order valence-electron chi connectivity index (χ0n) is 20.3. The Labute approximate surface area is 208 Å². The van der Waals surface area contributed by atoms with E-state index in [0.717, 1.165) is 54.9 Å². The van der Waals surface area contributed by atoms with Gasteiger partial charge in [-0.25, -0.2) is 5.26 Å². The van der Waals surface area contributed by atoms with Gasteiger partial charge < -0.3 is 20.7 Å². The molecule has 0 atom stereocenters. The fourth-order valence-electron chi connectivity index (χ4n) is 4.01. The smallest absolute Gasteiger partial charge is 0.250 e. The zero-order chi connectivity index (χ0) is 25.2. The minimum atomic E-state index is -0.173. The number of amides is 1. The summed E-state index contributed by atoms with van der Waals surface area (Å²) in [6, 6.07) is 16.1. The van der Waals surface area contributed by atoms with Crippen LogP contribution >= 0.6 is 0 Å². The number of hydrogen-bond donors (Lipinski definition) is 2. The van der Waals surface area contributed by atoms with Gasteiger partial charge in [0, 0.05) is 60.9 Å². The van der Waals surface area contributed by atoms with E-state index in [2.05, 4.69) is 52.2 Å². The number of benzene rings is 2. The van der Waals surface area contributed by atoms with Crippen LogP contribution in [-0.2, 0) is 9.53 Å². The van der Waals surface area contributed by atoms with Crippen LogP contribution in [0.2, 0.25) is 0 Å². The number of carbonyl (C=O) groups is 1. The number of fused-ring (bicyclic) bond motifs is 1. The van der Waals surface area contributed by atoms with Crippen molar-refractivity contribution < 1.29 is 9.53 Å². The highest BCUT2D eigenvalue weighted by molar-refractivity contribution is 6.20. The predicted molar refractivity (Wildman–Crippen MR) is 142 cm³/mol. The van der Waals surface area contributed by atoms with Crippen LogP contribution in [0.4, 0.5) is 17.1 Å². The van der Waals surface area contributed by atoms with E-state index in [4.69, 9.17) is 15.7 Å². The van der Waals surface area contributed by atoms with Crippen molar-refractivity contribution in [2.24, 2.45) is 0 Å². The Morgan fingerprint density at radius 1 is 1.17 bits per heavy atom. The number of nitrogens with two attached hydrogens (primary N) is 1. The summed E-state index contributed by atoms with van der Waals surface area (Å²) in [5.41, 5.74) is 11.6. The molecular weight excluding hydrogens is 439 g/mol. The van der Waals surface area contributed by atoms with Crippen molar-refractivity contribution in [2.75, 3.05) is 61.9 Å². The molecule has 4 rings (SSSR count). The molecule has 0 unspecified atom stereocenters. The number of pyridine rings is 1. The molecule has 0 aliphatic carbocycles. The van der Waals surface area contributed by atoms with Gasteiger partial charge in [0.15, 0.2) is 0 Å². The van der Waals surface area contributed by atoms with Gasteiger partial charge in [0.1, 0.15) is 6.61 Å². The number of aromatic nitrogens is 1. The van der Waals surface area contributed by atoms with Crippen molar-refractivity contribution in [3.63, 3.8) is 0 Å². The van der Waals surface area contributed by atoms with E-state index in [-0.39, 0.29) is 12.5 Å². The molecule has 0 saturated carbocycles. The summed E-state index contributed by atoms with van der Waals surface area (Å²) in [6.07, 6.45) is 0. The quantitative estimate of drug-likeness (QED) is 0.404. The molecule has 180 valence electrons. The van der Waals surface area contributed by atoms with E-state index in [1.165, 1.54) is 11.7 Å². The maximum Gasteiger partial charge on any atom is 0.250 e. The highest BCUT2D eigenvalue weighted by atomic mass is 16.5. The van der Waals surface area contributed by atoms with Crippen LogP contribution in [0.1, 0.15) is 11.3 Å². The van der Waals surface area contributed by atoms with E-state index in [9.17, 15) is 4.79 Å². The second kappa shape index (κ2) is 12.7. The molecule has 1 amide bonds. The van der Waals surface area contributed by atoms with Gasteiger partial charge in [0.2, 0.25) is 13.8 Å². The standard InChI is InChI=1S/C25H31N5O2.CBN/c1-18-19(2)27-23-9-8-20(16-22(23)25(18)26)28-24(31)17-32-15-14-29-10-12-30(13-11-29)21-6-4-3-5-7-21;2-1-3/h3-9,16H,10-15,17H2,1-2H3,(H2,26,27)(H,28,31);. The highest BCUT2D eigenvalue weighted by Gasteiger charge is 2.17. The summed E-state index contributed by atoms with van der Waals surface area (Å²) >= 11 is 0. The number of rotatable bonds is 7. The lowest BCUT2D eigenvalue weighted by Gasteiger charge is -2.36. The van der Waals surface area contributed by atoms with Gasteiger partial charge in [0.05, 0.1) is 12.1 Å². The van der Waals surface area contributed by atoms with Crippen molar-refractivity contribution >= 4 is 41.7 Å². The number of nitrogens with one attached hydrogen (secondary N) is 1. The lowest BCUT2D eigenvalue weighted by molar-refractivity contribution is -0.120. The summed E-state index contributed by atoms with van der Waals surface area (Å²) < 4.78 is 5.62. The van der Waals surface area contributed by atoms with Crippen LogP contribution in [0.3, 0.4) is 0 Å². The molecule has 1 aromatic heterocycles. The molecule has 2 radical (unpaired) electrons. The lowest BCUT2D eigenvalue weighted by Crippen LogP contribution is -2.47. The SMILES string of the molecule is Cc1nc2ccc(NC(=O)COCCN3CCN(c4ccccc4)CC3)cc2c(N)c1C.[B]C#N. The number of carbonyl (C=O) groups excluding carboxylic acids is 1. The molecule has 35 heavy (non-hydrogen) atoms. The molecule has 9 heteroatoms. The van der Waals surface area contributed by atoms with E-state index < -0.39 is 0 Å². The second-order valence-corrected chi connectivity index (χ2v) is 8.36. The van der Waals surface area contributed by atoms with Crippen molar-refractivity contribution in [2.45, 2.75) is 13.8 Å². The summed E-state index contributed by atoms with van der Waals surface area (Å²) in [6.45, 7) is 9.29. The third-order valence-electron chi connectivity index (χ3n) is 6.08. The Morgan fingerprint density at radius 3 is 2.54 bits per heavy atom. The number of hydrogen-bond acceptors (Lipinski definition) is 7. The number of ether oxygens (including phenoxy) is 1. The Bertz CT molecular complexity index is 1170. The molecule has 1 aliphatic heterocycles. The van der Waals surface area contributed by atoms with E-state index in [1.54, 1.807) is 0 Å². The number of nitriles is 1. The van der Waals surface area contributed by atoms with Gasteiger partial charge in [0.25, 0.3) is 0 Å². The fraction of sp³-hybridized carbons (Fsp3) is 0.346. The molecule has 2 heterocycles. The van der Waals surface area contributed by atoms with E-state index >= 15 is 0 Å². The number of aryl methyl sites for hydroxylation is 1. The molecule has 0 bridgehead atoms. The monoisotopic (exact) mass is 470 g/mol. The van der Waals surface area contributed by atoms with Gasteiger partial charge in [-0.1, -0.05) is 18.2 Å². The van der Waals surface area contributed by atoms with Gasteiger partial charge in [-0.3, -0.25) is 14.7 Å². The first kappa shape index (κ1) is 26.0. The topological polar surface area (TPSA) is 108 Å². The first-order chi connectivity index (χ1) is 16.9. The first-order valence-electron chi connectivity index (χ1n) is 11.6. The van der Waals surface area contributed by atoms with Crippen LogP contribution in [0.5, 0.6) is 0 Å². The molecule has 2 aromatic carbocycles. The first-order valence-corrected chi connectivity index (χ1v) is 11.6. The third-order valence-corrected chi connectivity index (χ3v) is 6.08. The van der Waals surface area contributed by atoms with Crippen molar-refractivity contribution in [1.29, 1.82) is 5.26 Å². The summed E-state index contributed by atoms with van der Waals surface area (Å²) in [5, 5.41) is 10.8. The molecule has 3 N–H and O–H groups in total. The fourth-order valence-corrected chi connectivity index (χ4v) is 4.01. The Morgan fingerprint density at radius 2 is 1.86 bits per heavy atom. The van der Waals surface area contributed by atoms with Gasteiger partial charge in [-0.2, -0.15) is 0 Å². The minimum Gasteiger partial charge on any atom is -0.398 e. The largest absolute Gasteiger partial charge is 0.398 e. The van der Waals surface area contributed by atoms with Crippen LogP contribution in [0.25, 0.3) is 10.9 Å². The summed E-state index contributed by atoms with van der Waals surface area (Å²) in [5.74, 6) is 1.08. The van der Waals surface area contributed by atoms with Crippen molar-refractivity contribution in [1.82, 2.24) is 9.88 Å². The summed E-state index contributed by atoms with van der Waals surface area (Å²) in [4.78, 5) is 21.6. The molecule has 8 nitrogen and oxygen atoms in total. The Balaban J connectivity index is 0.00000108. The van der Waals surface area contributed by atoms with Crippen LogP contribution in [-0.4, -0.2) is 69.6 Å². The van der Waals surface area contributed by atoms with Gasteiger partial charge in [-0.05, 0) is 55.7 Å². The third kappa shape index (κ3) is 7.19. The van der Waals surface area contributed by atoms with Crippen LogP contribution in [0.15, 0.2) is 48.5 Å². The molecule has 1 aliphatic rings. The maximum absolute atomic E-state index is 12.3. The van der Waals surface area contributed by atoms with Gasteiger partial charge in [-0.15, -0.1) is 0 Å². The van der Waals surface area contributed by atoms with Crippen LogP contribution in [0, 0.1) is 25.1 Å². The second-order valence-electron chi connectivity index (χ2n) is 8.36. The molecule has 1 saturated heterocycles. The number of nitrogens with zero attached hydrogens (tertiary/aromatic N) is 4. The predicted octanol–water partition coefficient (Wildman–Crippen LogP) is 2.85. The summed E-state index contributed by atoms with van der Waals surface area (Å²) in [7, 11) is 4.15. The normalized spacial score (nSPS) is 13.6. The number of nitrogen functional groups attached to an aromatic ring is 1.